The van der Waals surface area contributed by atoms with Crippen molar-refractivity contribution >= 4 is 12.6 Å². The van der Waals surface area contributed by atoms with Crippen LogP contribution in [0, 0.1) is 0 Å². The van der Waals surface area contributed by atoms with E-state index in [1.807, 2.05) is 42.7 Å². The van der Waals surface area contributed by atoms with Gasteiger partial charge in [0.2, 0.25) is 0 Å². The van der Waals surface area contributed by atoms with Crippen LogP contribution in [0.1, 0.15) is 0 Å². The van der Waals surface area contributed by atoms with Gasteiger partial charge in [-0.1, -0.05) is 18.2 Å². The van der Waals surface area contributed by atoms with E-state index in [0.717, 1.165) is 33.4 Å². The van der Waals surface area contributed by atoms with E-state index in [1.165, 1.54) is 0 Å². The van der Waals surface area contributed by atoms with Crippen LogP contribution in [-0.2, 0) is 0 Å². The summed E-state index contributed by atoms with van der Waals surface area (Å²) in [5.41, 5.74) is 5.46. The number of aromatic nitrogens is 3. The zero-order valence-corrected chi connectivity index (χ0v) is 12.7. The number of aromatic amines is 2. The zero-order chi connectivity index (χ0) is 14.9. The minimum Gasteiger partial charge on any atom is -0.361 e. The monoisotopic (exact) mass is 305 g/mol. The van der Waals surface area contributed by atoms with Crippen LogP contribution in [0.3, 0.4) is 0 Å². The fourth-order valence-electron chi connectivity index (χ4n) is 2.78. The Morgan fingerprint density at radius 3 is 2.09 bits per heavy atom. The van der Waals surface area contributed by atoms with Crippen molar-refractivity contribution in [2.75, 3.05) is 0 Å². The van der Waals surface area contributed by atoms with E-state index < -0.39 is 0 Å². The van der Waals surface area contributed by atoms with Gasteiger partial charge in [-0.05, 0) is 42.5 Å². The Kier molecular flexibility index (Phi) is 3.16. The molecule has 0 aliphatic carbocycles. The number of H-pyrrole nitrogens is 2. The fourth-order valence-corrected chi connectivity index (χ4v) is 3.13. The summed E-state index contributed by atoms with van der Waals surface area (Å²) < 4.78 is 2.16. The summed E-state index contributed by atoms with van der Waals surface area (Å²) >= 11 is 4.70. The molecule has 0 atom stereocenters. The zero-order valence-electron chi connectivity index (χ0n) is 11.8. The topological polar surface area (TPSA) is 36.5 Å². The summed E-state index contributed by atoms with van der Waals surface area (Å²) in [6.07, 6.45) is 3.88. The van der Waals surface area contributed by atoms with Gasteiger partial charge in [0.1, 0.15) is 0 Å². The number of para-hydroxylation sites is 1. The molecule has 1 aromatic carbocycles. The molecule has 0 radical (unpaired) electrons. The Morgan fingerprint density at radius 2 is 1.45 bits per heavy atom. The first-order valence-corrected chi connectivity index (χ1v) is 7.57. The van der Waals surface area contributed by atoms with E-state index in [0.29, 0.717) is 0 Å². The maximum atomic E-state index is 4.70. The lowest BCUT2D eigenvalue weighted by Gasteiger charge is -2.11. The van der Waals surface area contributed by atoms with E-state index in [4.69, 9.17) is 12.6 Å². The van der Waals surface area contributed by atoms with Crippen LogP contribution in [-0.4, -0.2) is 14.5 Å². The van der Waals surface area contributed by atoms with Gasteiger partial charge in [-0.3, -0.25) is 0 Å². The summed E-state index contributed by atoms with van der Waals surface area (Å²) in [6, 6.07) is 20.5. The quantitative estimate of drug-likeness (QED) is 0.457. The fraction of sp³-hybridized carbons (Fsp3) is 0. The average molecular weight is 305 g/mol. The highest BCUT2D eigenvalue weighted by Gasteiger charge is 2.18. The Hall–Kier alpha value is -2.59. The minimum atomic E-state index is 0.903. The van der Waals surface area contributed by atoms with Gasteiger partial charge in [0.05, 0.1) is 16.4 Å². The van der Waals surface area contributed by atoms with Crippen LogP contribution in [0.5, 0.6) is 0 Å². The molecule has 0 aliphatic heterocycles. The highest BCUT2D eigenvalue weighted by molar-refractivity contribution is 7.80. The van der Waals surface area contributed by atoms with Crippen molar-refractivity contribution in [1.82, 2.24) is 14.5 Å². The van der Waals surface area contributed by atoms with Gasteiger partial charge >= 0.3 is 0 Å². The van der Waals surface area contributed by atoms with Crippen LogP contribution < -0.4 is 0 Å². The van der Waals surface area contributed by atoms with Gasteiger partial charge in [0.15, 0.2) is 0 Å². The lowest BCUT2D eigenvalue weighted by atomic mass is 10.1. The Morgan fingerprint density at radius 1 is 0.773 bits per heavy atom. The van der Waals surface area contributed by atoms with Gasteiger partial charge in [0.25, 0.3) is 0 Å². The molecule has 22 heavy (non-hydrogen) atoms. The van der Waals surface area contributed by atoms with E-state index >= 15 is 0 Å². The number of benzene rings is 1. The lowest BCUT2D eigenvalue weighted by Crippen LogP contribution is -1.98. The van der Waals surface area contributed by atoms with Gasteiger partial charge in [-0.2, -0.15) is 0 Å². The third-order valence-corrected chi connectivity index (χ3v) is 4.07. The van der Waals surface area contributed by atoms with Crippen LogP contribution in [0.2, 0.25) is 0 Å². The molecule has 0 amide bonds. The first-order valence-electron chi connectivity index (χ1n) is 7.12. The SMILES string of the molecule is Sc1cc(-c2ccc[nH]2)c(-c2ccc[nH]2)n1-c1ccccc1. The predicted octanol–water partition coefficient (Wildman–Crippen LogP) is 4.76. The smallest absolute Gasteiger partial charge is 0.0795 e. The van der Waals surface area contributed by atoms with Crippen molar-refractivity contribution in [1.29, 1.82) is 0 Å². The molecule has 0 unspecified atom stereocenters. The number of rotatable bonds is 3. The second-order valence-corrected chi connectivity index (χ2v) is 5.56. The van der Waals surface area contributed by atoms with Gasteiger partial charge in [-0.25, -0.2) is 0 Å². The highest BCUT2D eigenvalue weighted by Crippen LogP contribution is 2.37. The standard InChI is InChI=1S/C18H15N3S/c22-17-12-14(15-8-4-10-19-15)18(16-9-5-11-20-16)21(17)13-6-2-1-3-7-13/h1-12,19-20,22H. The highest BCUT2D eigenvalue weighted by atomic mass is 32.1. The molecule has 0 saturated heterocycles. The number of nitrogens with one attached hydrogen (secondary N) is 2. The van der Waals surface area contributed by atoms with Crippen LogP contribution >= 0.6 is 12.6 Å². The maximum absolute atomic E-state index is 4.70. The van der Waals surface area contributed by atoms with Gasteiger partial charge in [-0.15, -0.1) is 12.6 Å². The third-order valence-electron chi connectivity index (χ3n) is 3.74. The summed E-state index contributed by atoms with van der Waals surface area (Å²) in [7, 11) is 0. The lowest BCUT2D eigenvalue weighted by molar-refractivity contribution is 0.964. The van der Waals surface area contributed by atoms with Crippen LogP contribution in [0.25, 0.3) is 28.3 Å². The second-order valence-electron chi connectivity index (χ2n) is 5.10. The van der Waals surface area contributed by atoms with E-state index in [2.05, 4.69) is 44.9 Å². The summed E-state index contributed by atoms with van der Waals surface area (Å²) in [5, 5.41) is 0.903. The molecule has 4 rings (SSSR count). The molecule has 3 nitrogen and oxygen atoms in total. The maximum Gasteiger partial charge on any atom is 0.0795 e. The average Bonchev–Trinajstić information content (AvgIpc) is 3.28. The first-order chi connectivity index (χ1) is 10.8. The Balaban J connectivity index is 2.03. The summed E-state index contributed by atoms with van der Waals surface area (Å²) in [5.74, 6) is 0. The first kappa shape index (κ1) is 13.1. The van der Waals surface area contributed by atoms with E-state index in [-0.39, 0.29) is 0 Å². The van der Waals surface area contributed by atoms with Crippen LogP contribution in [0.15, 0.2) is 78.1 Å². The molecule has 4 aromatic rings. The summed E-state index contributed by atoms with van der Waals surface area (Å²) in [6.45, 7) is 0. The molecule has 3 aromatic heterocycles. The molecule has 0 aliphatic rings. The van der Waals surface area contributed by atoms with Crippen LogP contribution in [0.4, 0.5) is 0 Å². The Labute approximate surface area is 134 Å². The molecule has 4 heteroatoms. The summed E-state index contributed by atoms with van der Waals surface area (Å²) in [4.78, 5) is 6.60. The molecule has 108 valence electrons. The third kappa shape index (κ3) is 2.09. The normalized spacial score (nSPS) is 11.0. The molecule has 2 N–H and O–H groups in total. The van der Waals surface area contributed by atoms with Crippen molar-refractivity contribution in [3.8, 4) is 28.3 Å². The number of thiol groups is 1. The molecule has 0 saturated carbocycles. The van der Waals surface area contributed by atoms with Gasteiger partial charge < -0.3 is 14.5 Å². The number of nitrogens with zero attached hydrogens (tertiary/aromatic N) is 1. The van der Waals surface area contributed by atoms with Gasteiger partial charge in [0, 0.05) is 29.3 Å². The van der Waals surface area contributed by atoms with Crippen molar-refractivity contribution in [3.63, 3.8) is 0 Å². The van der Waals surface area contributed by atoms with Crippen molar-refractivity contribution in [2.24, 2.45) is 0 Å². The van der Waals surface area contributed by atoms with E-state index in [9.17, 15) is 0 Å². The Bertz CT molecular complexity index is 872. The van der Waals surface area contributed by atoms with Crippen molar-refractivity contribution in [3.05, 3.63) is 73.1 Å². The van der Waals surface area contributed by atoms with Crippen molar-refractivity contribution < 1.29 is 0 Å². The molecule has 0 bridgehead atoms. The number of hydrogen-bond acceptors (Lipinski definition) is 1. The molecule has 0 spiro atoms. The molecular formula is C18H15N3S. The number of hydrogen-bond donors (Lipinski definition) is 3. The largest absolute Gasteiger partial charge is 0.361 e. The van der Waals surface area contributed by atoms with Crippen molar-refractivity contribution in [2.45, 2.75) is 5.03 Å². The predicted molar refractivity (Wildman–Crippen MR) is 92.6 cm³/mol. The molecular weight excluding hydrogens is 290 g/mol. The van der Waals surface area contributed by atoms with E-state index in [1.54, 1.807) is 0 Å². The molecule has 0 fully saturated rings. The second kappa shape index (κ2) is 5.31. The molecule has 3 heterocycles. The minimum absolute atomic E-state index is 0.903.